The van der Waals surface area contributed by atoms with E-state index in [1.54, 1.807) is 18.2 Å². The summed E-state index contributed by atoms with van der Waals surface area (Å²) in [6.07, 6.45) is 0. The van der Waals surface area contributed by atoms with Crippen LogP contribution in [0.5, 0.6) is 0 Å². The summed E-state index contributed by atoms with van der Waals surface area (Å²) in [7, 11) is 0. The molecule has 0 spiro atoms. The van der Waals surface area contributed by atoms with Gasteiger partial charge in [-0.05, 0) is 41.9 Å². The Morgan fingerprint density at radius 3 is 2.75 bits per heavy atom. The average molecular weight is 310 g/mol. The molecule has 1 heterocycles. The molecule has 0 saturated carbocycles. The molecule has 6 heteroatoms. The molecule has 20 heavy (non-hydrogen) atoms. The number of carbonyl (C=O) groups is 1. The number of anilines is 1. The van der Waals surface area contributed by atoms with Crippen LogP contribution in [0.1, 0.15) is 16.1 Å². The molecule has 1 aromatic carbocycles. The Bertz CT molecular complexity index is 698. The van der Waals surface area contributed by atoms with Gasteiger partial charge in [0.25, 0.3) is 5.91 Å². The largest absolute Gasteiger partial charge is 0.440 e. The van der Waals surface area contributed by atoms with Gasteiger partial charge in [0, 0.05) is 10.6 Å². The van der Waals surface area contributed by atoms with Gasteiger partial charge in [0.2, 0.25) is 0 Å². The van der Waals surface area contributed by atoms with E-state index in [-0.39, 0.29) is 17.6 Å². The van der Waals surface area contributed by atoms with E-state index in [0.29, 0.717) is 16.3 Å². The first kappa shape index (κ1) is 14.5. The van der Waals surface area contributed by atoms with Crippen LogP contribution in [0.15, 0.2) is 34.7 Å². The molecule has 0 aliphatic heterocycles. The Kier molecular flexibility index (Phi) is 4.70. The molecule has 0 saturated heterocycles. The van der Waals surface area contributed by atoms with Crippen LogP contribution in [0.25, 0.3) is 0 Å². The Morgan fingerprint density at radius 1 is 1.30 bits per heavy atom. The van der Waals surface area contributed by atoms with Crippen molar-refractivity contribution in [3.05, 3.63) is 51.9 Å². The smallest absolute Gasteiger partial charge is 0.291 e. The van der Waals surface area contributed by atoms with E-state index >= 15 is 0 Å². The standard InChI is InChI=1S/C14H9Cl2NO3/c15-10-4-3-9(2-1-7-18)11(8-10)17-14(19)12-5-6-13(16)20-12/h3-6,8,18H,7H2,(H,17,19). The molecular weight excluding hydrogens is 301 g/mol. The highest BCUT2D eigenvalue weighted by atomic mass is 35.5. The third-order valence-electron chi connectivity index (χ3n) is 2.33. The number of benzene rings is 1. The van der Waals surface area contributed by atoms with Crippen molar-refractivity contribution in [1.29, 1.82) is 0 Å². The van der Waals surface area contributed by atoms with Crippen molar-refractivity contribution < 1.29 is 14.3 Å². The normalized spacial score (nSPS) is 9.75. The molecule has 102 valence electrons. The van der Waals surface area contributed by atoms with E-state index in [2.05, 4.69) is 17.2 Å². The Balaban J connectivity index is 2.28. The minimum Gasteiger partial charge on any atom is -0.440 e. The number of rotatable bonds is 2. The summed E-state index contributed by atoms with van der Waals surface area (Å²) in [5, 5.41) is 11.9. The van der Waals surface area contributed by atoms with Gasteiger partial charge >= 0.3 is 0 Å². The van der Waals surface area contributed by atoms with Crippen molar-refractivity contribution in [3.63, 3.8) is 0 Å². The van der Waals surface area contributed by atoms with Gasteiger partial charge in [-0.25, -0.2) is 0 Å². The van der Waals surface area contributed by atoms with E-state index in [0.717, 1.165) is 0 Å². The molecule has 0 aliphatic carbocycles. The molecule has 0 atom stereocenters. The first-order chi connectivity index (χ1) is 9.60. The molecule has 1 aromatic heterocycles. The second kappa shape index (κ2) is 6.49. The van der Waals surface area contributed by atoms with Crippen molar-refractivity contribution in [2.24, 2.45) is 0 Å². The van der Waals surface area contributed by atoms with Gasteiger partial charge in [0.15, 0.2) is 11.0 Å². The topological polar surface area (TPSA) is 62.5 Å². The van der Waals surface area contributed by atoms with Gasteiger partial charge < -0.3 is 14.8 Å². The summed E-state index contributed by atoms with van der Waals surface area (Å²) in [6, 6.07) is 7.78. The molecule has 0 unspecified atom stereocenters. The molecule has 2 aromatic rings. The van der Waals surface area contributed by atoms with Crippen LogP contribution in [0.4, 0.5) is 5.69 Å². The van der Waals surface area contributed by atoms with Crippen LogP contribution >= 0.6 is 23.2 Å². The number of halogens is 2. The fourth-order valence-electron chi connectivity index (χ4n) is 1.48. The number of furan rings is 1. The Morgan fingerprint density at radius 2 is 2.10 bits per heavy atom. The quantitative estimate of drug-likeness (QED) is 0.837. The highest BCUT2D eigenvalue weighted by Crippen LogP contribution is 2.22. The Hall–Kier alpha value is -1.93. The van der Waals surface area contributed by atoms with Crippen molar-refractivity contribution >= 4 is 34.8 Å². The summed E-state index contributed by atoms with van der Waals surface area (Å²) in [5.74, 6) is 4.84. The molecule has 0 radical (unpaired) electrons. The van der Waals surface area contributed by atoms with Crippen molar-refractivity contribution in [2.45, 2.75) is 0 Å². The van der Waals surface area contributed by atoms with E-state index in [1.807, 2.05) is 0 Å². The second-order valence-corrected chi connectivity index (χ2v) is 4.52. The third kappa shape index (κ3) is 3.55. The summed E-state index contributed by atoms with van der Waals surface area (Å²) in [5.41, 5.74) is 0.963. The van der Waals surface area contributed by atoms with Crippen LogP contribution in [0.3, 0.4) is 0 Å². The van der Waals surface area contributed by atoms with E-state index < -0.39 is 5.91 Å². The monoisotopic (exact) mass is 309 g/mol. The van der Waals surface area contributed by atoms with Crippen LogP contribution in [0, 0.1) is 11.8 Å². The van der Waals surface area contributed by atoms with Gasteiger partial charge in [0.1, 0.15) is 6.61 Å². The molecule has 2 rings (SSSR count). The van der Waals surface area contributed by atoms with Gasteiger partial charge in [-0.1, -0.05) is 23.4 Å². The minimum absolute atomic E-state index is 0.0797. The minimum atomic E-state index is -0.466. The third-order valence-corrected chi connectivity index (χ3v) is 2.77. The molecular formula is C14H9Cl2NO3. The summed E-state index contributed by atoms with van der Waals surface area (Å²) in [6.45, 7) is -0.274. The predicted molar refractivity (Wildman–Crippen MR) is 77.1 cm³/mol. The van der Waals surface area contributed by atoms with Crippen LogP contribution in [0.2, 0.25) is 10.2 Å². The highest BCUT2D eigenvalue weighted by Gasteiger charge is 2.12. The van der Waals surface area contributed by atoms with Crippen LogP contribution in [-0.2, 0) is 0 Å². The van der Waals surface area contributed by atoms with Gasteiger partial charge in [-0.2, -0.15) is 0 Å². The highest BCUT2D eigenvalue weighted by molar-refractivity contribution is 6.31. The lowest BCUT2D eigenvalue weighted by molar-refractivity contribution is 0.0996. The first-order valence-electron chi connectivity index (χ1n) is 5.56. The molecule has 4 nitrogen and oxygen atoms in total. The molecule has 0 aliphatic rings. The molecule has 0 fully saturated rings. The van der Waals surface area contributed by atoms with E-state index in [1.165, 1.54) is 12.1 Å². The van der Waals surface area contributed by atoms with Crippen LogP contribution < -0.4 is 5.32 Å². The summed E-state index contributed by atoms with van der Waals surface area (Å²) >= 11 is 11.5. The zero-order valence-corrected chi connectivity index (χ0v) is 11.6. The number of nitrogens with one attached hydrogen (secondary N) is 1. The number of aliphatic hydroxyl groups is 1. The summed E-state index contributed by atoms with van der Waals surface area (Å²) < 4.78 is 5.01. The number of hydrogen-bond acceptors (Lipinski definition) is 3. The first-order valence-corrected chi connectivity index (χ1v) is 6.31. The maximum Gasteiger partial charge on any atom is 0.291 e. The lowest BCUT2D eigenvalue weighted by atomic mass is 10.1. The SMILES string of the molecule is O=C(Nc1cc(Cl)ccc1C#CCO)c1ccc(Cl)o1. The van der Waals surface area contributed by atoms with Gasteiger partial charge in [-0.3, -0.25) is 4.79 Å². The number of amides is 1. The maximum absolute atomic E-state index is 12.0. The van der Waals surface area contributed by atoms with Crippen molar-refractivity contribution in [1.82, 2.24) is 0 Å². The van der Waals surface area contributed by atoms with Gasteiger partial charge in [0.05, 0.1) is 5.69 Å². The van der Waals surface area contributed by atoms with E-state index in [4.69, 9.17) is 32.7 Å². The second-order valence-electron chi connectivity index (χ2n) is 3.71. The fraction of sp³-hybridized carbons (Fsp3) is 0.0714. The lowest BCUT2D eigenvalue weighted by Gasteiger charge is -2.06. The zero-order chi connectivity index (χ0) is 14.5. The van der Waals surface area contributed by atoms with E-state index in [9.17, 15) is 4.79 Å². The Labute approximate surface area is 125 Å². The van der Waals surface area contributed by atoms with Crippen LogP contribution in [-0.4, -0.2) is 17.6 Å². The zero-order valence-electron chi connectivity index (χ0n) is 10.1. The maximum atomic E-state index is 12.0. The average Bonchev–Trinajstić information content (AvgIpc) is 2.85. The molecule has 0 bridgehead atoms. The lowest BCUT2D eigenvalue weighted by Crippen LogP contribution is -2.12. The summed E-state index contributed by atoms with van der Waals surface area (Å²) in [4.78, 5) is 12.0. The molecule has 2 N–H and O–H groups in total. The fourth-order valence-corrected chi connectivity index (χ4v) is 1.80. The number of carbonyl (C=O) groups excluding carboxylic acids is 1. The number of hydrogen-bond donors (Lipinski definition) is 2. The van der Waals surface area contributed by atoms with Crippen molar-refractivity contribution in [2.75, 3.05) is 11.9 Å². The predicted octanol–water partition coefficient (Wildman–Crippen LogP) is 3.18. The molecule has 1 amide bonds. The van der Waals surface area contributed by atoms with Gasteiger partial charge in [-0.15, -0.1) is 0 Å². The number of aliphatic hydroxyl groups excluding tert-OH is 1. The van der Waals surface area contributed by atoms with Crippen molar-refractivity contribution in [3.8, 4) is 11.8 Å².